The quantitative estimate of drug-likeness (QED) is 0.753. The molecule has 2 rings (SSSR count). The van der Waals surface area contributed by atoms with E-state index < -0.39 is 0 Å². The molecule has 1 aromatic carbocycles. The highest BCUT2D eigenvalue weighted by Gasteiger charge is 2.01. The third-order valence-corrected chi connectivity index (χ3v) is 3.80. The molecular weight excluding hydrogens is 256 g/mol. The number of benzene rings is 1. The summed E-state index contributed by atoms with van der Waals surface area (Å²) in [7, 11) is 0. The summed E-state index contributed by atoms with van der Waals surface area (Å²) in [5.74, 6) is 1.96. The molecule has 0 N–H and O–H groups in total. The molecule has 0 atom stereocenters. The molecule has 1 heterocycles. The van der Waals surface area contributed by atoms with Crippen molar-refractivity contribution in [2.24, 2.45) is 0 Å². The van der Waals surface area contributed by atoms with Gasteiger partial charge >= 0.3 is 0 Å². The highest BCUT2D eigenvalue weighted by atomic mass is 32.2. The monoisotopic (exact) mass is 276 g/mol. The first-order chi connectivity index (χ1) is 9.19. The number of thioether (sulfide) groups is 1. The minimum Gasteiger partial charge on any atom is -0.494 e. The molecule has 2 aromatic rings. The van der Waals surface area contributed by atoms with Gasteiger partial charge < -0.3 is 4.74 Å². The fourth-order valence-corrected chi connectivity index (χ4v) is 2.78. The lowest BCUT2D eigenvalue weighted by molar-refractivity contribution is 0.340. The lowest BCUT2D eigenvalue weighted by atomic mass is 10.3. The van der Waals surface area contributed by atoms with Gasteiger partial charge in [0.05, 0.1) is 18.8 Å². The van der Waals surface area contributed by atoms with Gasteiger partial charge in [-0.05, 0) is 51.1 Å². The maximum Gasteiger partial charge on any atom is 0.119 e. The fraction of sp³-hybridized carbons (Fsp3) is 0.400. The molecule has 102 valence electrons. The predicted octanol–water partition coefficient (Wildman–Crippen LogP) is 3.69. The third kappa shape index (κ3) is 4.03. The molecule has 0 spiro atoms. The Morgan fingerprint density at radius 1 is 1.21 bits per heavy atom. The van der Waals surface area contributed by atoms with E-state index in [0.717, 1.165) is 23.7 Å². The van der Waals surface area contributed by atoms with Gasteiger partial charge in [-0.2, -0.15) is 5.10 Å². The van der Waals surface area contributed by atoms with E-state index in [2.05, 4.69) is 34.9 Å². The van der Waals surface area contributed by atoms with E-state index in [-0.39, 0.29) is 0 Å². The highest BCUT2D eigenvalue weighted by Crippen LogP contribution is 2.21. The maximum atomic E-state index is 5.43. The summed E-state index contributed by atoms with van der Waals surface area (Å²) in [6, 6.07) is 10.4. The average molecular weight is 276 g/mol. The van der Waals surface area contributed by atoms with Crippen molar-refractivity contribution in [2.75, 3.05) is 12.4 Å². The van der Waals surface area contributed by atoms with Crippen LogP contribution in [0.2, 0.25) is 0 Å². The van der Waals surface area contributed by atoms with E-state index in [1.807, 2.05) is 37.7 Å². The van der Waals surface area contributed by atoms with Crippen molar-refractivity contribution in [3.63, 3.8) is 0 Å². The van der Waals surface area contributed by atoms with Gasteiger partial charge in [0.25, 0.3) is 0 Å². The summed E-state index contributed by atoms with van der Waals surface area (Å²) in [6.07, 6.45) is 0. The summed E-state index contributed by atoms with van der Waals surface area (Å²) >= 11 is 1.84. The first kappa shape index (κ1) is 14.0. The standard InChI is InChI=1S/C15H20N2OS/c1-4-18-14-5-7-15(8-6-14)19-10-9-17-13(3)11-12(2)16-17/h5-8,11H,4,9-10H2,1-3H3. The van der Waals surface area contributed by atoms with Crippen molar-refractivity contribution < 1.29 is 4.74 Å². The largest absolute Gasteiger partial charge is 0.494 e. The van der Waals surface area contributed by atoms with Crippen LogP contribution in [0.1, 0.15) is 18.3 Å². The van der Waals surface area contributed by atoms with Crippen LogP contribution < -0.4 is 4.74 Å². The zero-order chi connectivity index (χ0) is 13.7. The molecule has 0 saturated heterocycles. The van der Waals surface area contributed by atoms with Crippen LogP contribution in [-0.2, 0) is 6.54 Å². The second-order valence-corrected chi connectivity index (χ2v) is 5.57. The smallest absolute Gasteiger partial charge is 0.119 e. The Kier molecular flexibility index (Phi) is 4.91. The molecule has 1 aromatic heterocycles. The summed E-state index contributed by atoms with van der Waals surface area (Å²) < 4.78 is 7.50. The summed E-state index contributed by atoms with van der Waals surface area (Å²) in [5, 5.41) is 4.46. The number of ether oxygens (including phenoxy) is 1. The number of aromatic nitrogens is 2. The van der Waals surface area contributed by atoms with Crippen LogP contribution in [0.3, 0.4) is 0 Å². The second-order valence-electron chi connectivity index (χ2n) is 4.40. The van der Waals surface area contributed by atoms with Crippen molar-refractivity contribution in [3.05, 3.63) is 41.7 Å². The fourth-order valence-electron chi connectivity index (χ4n) is 1.95. The van der Waals surface area contributed by atoms with Gasteiger partial charge in [-0.25, -0.2) is 0 Å². The number of rotatable bonds is 6. The van der Waals surface area contributed by atoms with Gasteiger partial charge in [0.2, 0.25) is 0 Å². The minimum atomic E-state index is 0.713. The van der Waals surface area contributed by atoms with Crippen LogP contribution in [0.5, 0.6) is 5.75 Å². The lowest BCUT2D eigenvalue weighted by Crippen LogP contribution is -2.04. The molecular formula is C15H20N2OS. The van der Waals surface area contributed by atoms with Crippen molar-refractivity contribution in [1.82, 2.24) is 9.78 Å². The van der Waals surface area contributed by atoms with Crippen LogP contribution in [0.25, 0.3) is 0 Å². The van der Waals surface area contributed by atoms with Crippen LogP contribution in [-0.4, -0.2) is 22.1 Å². The molecule has 3 nitrogen and oxygen atoms in total. The van der Waals surface area contributed by atoms with Crippen LogP contribution in [0.15, 0.2) is 35.2 Å². The van der Waals surface area contributed by atoms with E-state index in [4.69, 9.17) is 4.74 Å². The first-order valence-electron chi connectivity index (χ1n) is 6.55. The molecule has 0 saturated carbocycles. The summed E-state index contributed by atoms with van der Waals surface area (Å²) in [4.78, 5) is 1.27. The second kappa shape index (κ2) is 6.66. The third-order valence-electron chi connectivity index (χ3n) is 2.81. The van der Waals surface area contributed by atoms with Gasteiger partial charge in [0.1, 0.15) is 5.75 Å². The van der Waals surface area contributed by atoms with Crippen molar-refractivity contribution in [1.29, 1.82) is 0 Å². The van der Waals surface area contributed by atoms with Gasteiger partial charge in [0, 0.05) is 16.3 Å². The van der Waals surface area contributed by atoms with E-state index in [1.165, 1.54) is 10.6 Å². The number of hydrogen-bond acceptors (Lipinski definition) is 3. The van der Waals surface area contributed by atoms with Crippen molar-refractivity contribution in [3.8, 4) is 5.75 Å². The summed E-state index contributed by atoms with van der Waals surface area (Å²) in [6.45, 7) is 7.78. The van der Waals surface area contributed by atoms with Gasteiger partial charge in [0.15, 0.2) is 0 Å². The van der Waals surface area contributed by atoms with E-state index in [1.54, 1.807) is 0 Å². The van der Waals surface area contributed by atoms with Gasteiger partial charge in [-0.3, -0.25) is 4.68 Å². The Bertz CT molecular complexity index is 519. The topological polar surface area (TPSA) is 27.1 Å². The number of nitrogens with zero attached hydrogens (tertiary/aromatic N) is 2. The molecule has 4 heteroatoms. The Labute approximate surface area is 119 Å². The molecule has 19 heavy (non-hydrogen) atoms. The SMILES string of the molecule is CCOc1ccc(SCCn2nc(C)cc2C)cc1. The molecule has 0 aliphatic rings. The maximum absolute atomic E-state index is 5.43. The van der Waals surface area contributed by atoms with Crippen LogP contribution >= 0.6 is 11.8 Å². The molecule has 0 aliphatic carbocycles. The molecule has 0 aliphatic heterocycles. The number of hydrogen-bond donors (Lipinski definition) is 0. The van der Waals surface area contributed by atoms with Crippen molar-refractivity contribution >= 4 is 11.8 Å². The van der Waals surface area contributed by atoms with Crippen LogP contribution in [0, 0.1) is 13.8 Å². The normalized spacial score (nSPS) is 10.7. The lowest BCUT2D eigenvalue weighted by Gasteiger charge is -2.06. The molecule has 0 bridgehead atoms. The average Bonchev–Trinajstić information content (AvgIpc) is 2.71. The molecule has 0 amide bonds. The number of aryl methyl sites for hydroxylation is 3. The predicted molar refractivity (Wildman–Crippen MR) is 80.0 cm³/mol. The Morgan fingerprint density at radius 2 is 1.95 bits per heavy atom. The minimum absolute atomic E-state index is 0.713. The Hall–Kier alpha value is -1.42. The van der Waals surface area contributed by atoms with Gasteiger partial charge in [-0.15, -0.1) is 11.8 Å². The highest BCUT2D eigenvalue weighted by molar-refractivity contribution is 7.99. The Morgan fingerprint density at radius 3 is 2.53 bits per heavy atom. The Balaban J connectivity index is 1.83. The first-order valence-corrected chi connectivity index (χ1v) is 7.54. The molecule has 0 radical (unpaired) electrons. The van der Waals surface area contributed by atoms with E-state index >= 15 is 0 Å². The zero-order valence-electron chi connectivity index (χ0n) is 11.7. The van der Waals surface area contributed by atoms with Crippen molar-refractivity contribution in [2.45, 2.75) is 32.2 Å². The molecule has 0 unspecified atom stereocenters. The van der Waals surface area contributed by atoms with E-state index in [9.17, 15) is 0 Å². The zero-order valence-corrected chi connectivity index (χ0v) is 12.5. The van der Waals surface area contributed by atoms with Crippen LogP contribution in [0.4, 0.5) is 0 Å². The summed E-state index contributed by atoms with van der Waals surface area (Å²) in [5.41, 5.74) is 2.31. The molecule has 0 fully saturated rings. The van der Waals surface area contributed by atoms with Gasteiger partial charge in [-0.1, -0.05) is 0 Å². The van der Waals surface area contributed by atoms with E-state index in [0.29, 0.717) is 6.61 Å².